The summed E-state index contributed by atoms with van der Waals surface area (Å²) in [7, 11) is 4.20. The number of hydrogen-bond acceptors (Lipinski definition) is 2. The van der Waals surface area contributed by atoms with Gasteiger partial charge in [0.15, 0.2) is 0 Å². The highest BCUT2D eigenvalue weighted by atomic mass is 16.3. The molecule has 138 valence electrons. The highest BCUT2D eigenvalue weighted by Crippen LogP contribution is 2.46. The quantitative estimate of drug-likeness (QED) is 0.784. The molecule has 0 spiro atoms. The Hall–Kier alpha value is -1.90. The lowest BCUT2D eigenvalue weighted by Gasteiger charge is -2.40. The second-order valence-electron chi connectivity index (χ2n) is 7.87. The van der Waals surface area contributed by atoms with Crippen molar-refractivity contribution in [2.75, 3.05) is 20.6 Å². The topological polar surface area (TPSA) is 23.5 Å². The molecular formula is C24H31NO. The molecule has 1 fully saturated rings. The molecule has 26 heavy (non-hydrogen) atoms. The maximum atomic E-state index is 12.2. The number of hydrogen-bond donors (Lipinski definition) is 1. The van der Waals surface area contributed by atoms with E-state index in [9.17, 15) is 5.11 Å². The Kier molecular flexibility index (Phi) is 5.95. The van der Waals surface area contributed by atoms with Crippen LogP contribution in [0.4, 0.5) is 0 Å². The third-order valence-corrected chi connectivity index (χ3v) is 5.61. The summed E-state index contributed by atoms with van der Waals surface area (Å²) >= 11 is 0. The molecule has 2 atom stereocenters. The van der Waals surface area contributed by atoms with Crippen LogP contribution in [0.2, 0.25) is 0 Å². The van der Waals surface area contributed by atoms with Crippen LogP contribution in [0.25, 0.3) is 6.08 Å². The monoisotopic (exact) mass is 349 g/mol. The van der Waals surface area contributed by atoms with Crippen molar-refractivity contribution in [3.05, 3.63) is 76.9 Å². The number of rotatable bonds is 4. The van der Waals surface area contributed by atoms with Crippen molar-refractivity contribution in [1.82, 2.24) is 4.90 Å². The van der Waals surface area contributed by atoms with Crippen LogP contribution in [-0.4, -0.2) is 30.6 Å². The molecule has 0 aromatic heterocycles. The summed E-state index contributed by atoms with van der Waals surface area (Å²) in [5.74, 6) is 0.191. The summed E-state index contributed by atoms with van der Waals surface area (Å²) in [5.41, 5.74) is 3.64. The fraction of sp³-hybridized carbons (Fsp3) is 0.417. The van der Waals surface area contributed by atoms with Crippen LogP contribution in [0.5, 0.6) is 0 Å². The van der Waals surface area contributed by atoms with Crippen LogP contribution in [-0.2, 0) is 5.60 Å². The van der Waals surface area contributed by atoms with Crippen molar-refractivity contribution in [3.8, 4) is 0 Å². The smallest absolute Gasteiger partial charge is 0.115 e. The molecule has 1 saturated carbocycles. The van der Waals surface area contributed by atoms with Crippen molar-refractivity contribution < 1.29 is 5.11 Å². The van der Waals surface area contributed by atoms with Crippen LogP contribution in [0, 0.1) is 12.8 Å². The molecule has 0 bridgehead atoms. The summed E-state index contributed by atoms with van der Waals surface area (Å²) < 4.78 is 0. The van der Waals surface area contributed by atoms with Crippen molar-refractivity contribution in [1.29, 1.82) is 0 Å². The SMILES string of the molecule is Cc1ccccc1C1(O)/C(=C\c2ccccc2)CCCCC1CN(C)C. The zero-order chi connectivity index (χ0) is 18.6. The zero-order valence-corrected chi connectivity index (χ0v) is 16.3. The van der Waals surface area contributed by atoms with E-state index in [1.54, 1.807) is 0 Å². The minimum atomic E-state index is -0.915. The van der Waals surface area contributed by atoms with Gasteiger partial charge in [-0.15, -0.1) is 0 Å². The molecular weight excluding hydrogens is 318 g/mol. The maximum Gasteiger partial charge on any atom is 0.115 e. The molecule has 0 aliphatic heterocycles. The van der Waals surface area contributed by atoms with Gasteiger partial charge >= 0.3 is 0 Å². The molecule has 0 radical (unpaired) electrons. The summed E-state index contributed by atoms with van der Waals surface area (Å²) in [4.78, 5) is 2.21. The molecule has 2 aromatic rings. The molecule has 1 aliphatic rings. The van der Waals surface area contributed by atoms with Crippen LogP contribution in [0.1, 0.15) is 42.4 Å². The lowest BCUT2D eigenvalue weighted by molar-refractivity contribution is -0.0000263. The average Bonchev–Trinajstić information content (AvgIpc) is 2.77. The third-order valence-electron chi connectivity index (χ3n) is 5.61. The first-order chi connectivity index (χ1) is 12.5. The Morgan fingerprint density at radius 2 is 1.73 bits per heavy atom. The summed E-state index contributed by atoms with van der Waals surface area (Å²) in [6, 6.07) is 18.7. The predicted molar refractivity (Wildman–Crippen MR) is 110 cm³/mol. The molecule has 2 unspecified atom stereocenters. The average molecular weight is 350 g/mol. The first-order valence-corrected chi connectivity index (χ1v) is 9.71. The van der Waals surface area contributed by atoms with Gasteiger partial charge in [0.2, 0.25) is 0 Å². The molecule has 0 saturated heterocycles. The second-order valence-corrected chi connectivity index (χ2v) is 7.87. The lowest BCUT2D eigenvalue weighted by atomic mass is 9.72. The van der Waals surface area contributed by atoms with Gasteiger partial charge in [0, 0.05) is 12.5 Å². The van der Waals surface area contributed by atoms with Gasteiger partial charge in [0.1, 0.15) is 5.60 Å². The third kappa shape index (κ3) is 3.92. The van der Waals surface area contributed by atoms with Crippen LogP contribution in [0.15, 0.2) is 60.2 Å². The molecule has 1 N–H and O–H groups in total. The molecule has 2 aromatic carbocycles. The highest BCUT2D eigenvalue weighted by Gasteiger charge is 2.43. The Morgan fingerprint density at radius 1 is 1.04 bits per heavy atom. The zero-order valence-electron chi connectivity index (χ0n) is 16.3. The molecule has 3 rings (SSSR count). The van der Waals surface area contributed by atoms with E-state index < -0.39 is 5.60 Å². The van der Waals surface area contributed by atoms with E-state index in [1.165, 1.54) is 17.5 Å². The van der Waals surface area contributed by atoms with E-state index in [1.807, 2.05) is 6.07 Å². The first kappa shape index (κ1) is 18.9. The Labute approximate surface area is 158 Å². The number of aliphatic hydroxyl groups is 1. The lowest BCUT2D eigenvalue weighted by Crippen LogP contribution is -2.42. The predicted octanol–water partition coefficient (Wildman–Crippen LogP) is 5.02. The molecule has 2 nitrogen and oxygen atoms in total. The van der Waals surface area contributed by atoms with Crippen molar-refractivity contribution in [3.63, 3.8) is 0 Å². The van der Waals surface area contributed by atoms with Crippen molar-refractivity contribution in [2.24, 2.45) is 5.92 Å². The van der Waals surface area contributed by atoms with Gasteiger partial charge in [0.25, 0.3) is 0 Å². The van der Waals surface area contributed by atoms with Gasteiger partial charge in [-0.3, -0.25) is 0 Å². The van der Waals surface area contributed by atoms with Crippen LogP contribution < -0.4 is 0 Å². The maximum absolute atomic E-state index is 12.2. The fourth-order valence-corrected chi connectivity index (χ4v) is 4.36. The van der Waals surface area contributed by atoms with Crippen molar-refractivity contribution >= 4 is 6.08 Å². The van der Waals surface area contributed by atoms with Gasteiger partial charge in [-0.2, -0.15) is 0 Å². The van der Waals surface area contributed by atoms with Gasteiger partial charge in [-0.1, -0.05) is 67.1 Å². The summed E-state index contributed by atoms with van der Waals surface area (Å²) in [6.45, 7) is 3.00. The molecule has 0 heterocycles. The Bertz CT molecular complexity index is 750. The van der Waals surface area contributed by atoms with Crippen LogP contribution in [0.3, 0.4) is 0 Å². The first-order valence-electron chi connectivity index (χ1n) is 9.71. The minimum Gasteiger partial charge on any atom is -0.380 e. The van der Waals surface area contributed by atoms with E-state index in [2.05, 4.69) is 80.5 Å². The fourth-order valence-electron chi connectivity index (χ4n) is 4.36. The van der Waals surface area contributed by atoms with E-state index in [0.29, 0.717) is 0 Å². The Balaban J connectivity index is 2.16. The Morgan fingerprint density at radius 3 is 2.42 bits per heavy atom. The number of nitrogens with zero attached hydrogens (tertiary/aromatic N) is 1. The normalized spacial score (nSPS) is 25.4. The van der Waals surface area contributed by atoms with E-state index in [4.69, 9.17) is 0 Å². The van der Waals surface area contributed by atoms with Crippen molar-refractivity contribution in [2.45, 2.75) is 38.2 Å². The van der Waals surface area contributed by atoms with Gasteiger partial charge in [-0.05, 0) is 62.5 Å². The molecule has 2 heteroatoms. The summed E-state index contributed by atoms with van der Waals surface area (Å²) in [5, 5.41) is 12.2. The van der Waals surface area contributed by atoms with Gasteiger partial charge < -0.3 is 10.0 Å². The molecule has 0 amide bonds. The van der Waals surface area contributed by atoms with Crippen LogP contribution >= 0.6 is 0 Å². The second kappa shape index (κ2) is 8.20. The van der Waals surface area contributed by atoms with E-state index in [-0.39, 0.29) is 5.92 Å². The van der Waals surface area contributed by atoms with Gasteiger partial charge in [0.05, 0.1) is 0 Å². The standard InChI is InChI=1S/C24H31NO/c1-19-11-7-10-16-23(19)24(26)21(17-20-12-5-4-6-13-20)14-8-9-15-22(24)18-25(2)3/h4-7,10-13,16-17,22,26H,8-9,14-15,18H2,1-3H3/b21-17-. The van der Waals surface area contributed by atoms with E-state index >= 15 is 0 Å². The largest absolute Gasteiger partial charge is 0.380 e. The molecule has 1 aliphatic carbocycles. The van der Waals surface area contributed by atoms with E-state index in [0.717, 1.165) is 36.9 Å². The number of aryl methyl sites for hydroxylation is 1. The number of benzene rings is 2. The highest BCUT2D eigenvalue weighted by molar-refractivity contribution is 5.57. The minimum absolute atomic E-state index is 0.191. The summed E-state index contributed by atoms with van der Waals surface area (Å²) in [6.07, 6.45) is 6.52. The van der Waals surface area contributed by atoms with Gasteiger partial charge in [-0.25, -0.2) is 0 Å².